The molecule has 0 aromatic carbocycles. The van der Waals surface area contributed by atoms with Crippen molar-refractivity contribution >= 4 is 7.85 Å². The standard InChI is InChI=1S/C9H17BO2/c1-3-9-4-5-11-7(6(9)2)8(10)12-9/h6-8H,3-5,10H2,1-2H3. The second-order valence-electron chi connectivity index (χ2n) is 4.12. The number of ether oxygens (including phenoxy) is 2. The maximum absolute atomic E-state index is 6.01. The lowest BCUT2D eigenvalue weighted by Crippen LogP contribution is -2.42. The van der Waals surface area contributed by atoms with Crippen LogP contribution in [0.4, 0.5) is 0 Å². The van der Waals surface area contributed by atoms with E-state index in [0.29, 0.717) is 18.0 Å². The molecule has 0 aromatic rings. The predicted molar refractivity (Wildman–Crippen MR) is 50.0 cm³/mol. The highest BCUT2D eigenvalue weighted by atomic mass is 16.6. The molecule has 2 aliphatic rings. The number of hydrogen-bond donors (Lipinski definition) is 0. The zero-order chi connectivity index (χ0) is 8.77. The zero-order valence-corrected chi connectivity index (χ0v) is 8.17. The van der Waals surface area contributed by atoms with Crippen molar-refractivity contribution in [2.24, 2.45) is 5.92 Å². The first-order valence-corrected chi connectivity index (χ1v) is 4.99. The minimum absolute atomic E-state index is 0.141. The van der Waals surface area contributed by atoms with Gasteiger partial charge < -0.3 is 9.47 Å². The first kappa shape index (κ1) is 8.58. The molecule has 3 heteroatoms. The van der Waals surface area contributed by atoms with Crippen molar-refractivity contribution in [2.75, 3.05) is 6.61 Å². The molecule has 0 saturated carbocycles. The maximum Gasteiger partial charge on any atom is 0.142 e. The number of fused-ring (bicyclic) bond motifs is 2. The van der Waals surface area contributed by atoms with E-state index in [-0.39, 0.29) is 5.60 Å². The van der Waals surface area contributed by atoms with Gasteiger partial charge in [0.25, 0.3) is 0 Å². The van der Waals surface area contributed by atoms with Crippen molar-refractivity contribution in [3.63, 3.8) is 0 Å². The summed E-state index contributed by atoms with van der Waals surface area (Å²) in [7, 11) is 2.13. The Morgan fingerprint density at radius 1 is 1.58 bits per heavy atom. The fourth-order valence-corrected chi connectivity index (χ4v) is 2.77. The molecule has 0 N–H and O–H groups in total. The molecule has 0 aromatic heterocycles. The maximum atomic E-state index is 6.01. The van der Waals surface area contributed by atoms with Crippen LogP contribution in [0.25, 0.3) is 0 Å². The van der Waals surface area contributed by atoms with Crippen LogP contribution in [0.2, 0.25) is 0 Å². The van der Waals surface area contributed by atoms with Crippen molar-refractivity contribution in [3.05, 3.63) is 0 Å². The van der Waals surface area contributed by atoms with Crippen LogP contribution in [-0.2, 0) is 9.47 Å². The summed E-state index contributed by atoms with van der Waals surface area (Å²) in [6.45, 7) is 5.36. The third-order valence-electron chi connectivity index (χ3n) is 3.64. The predicted octanol–water partition coefficient (Wildman–Crippen LogP) is 0.550. The van der Waals surface area contributed by atoms with Gasteiger partial charge in [0.15, 0.2) is 0 Å². The lowest BCUT2D eigenvalue weighted by atomic mass is 9.78. The van der Waals surface area contributed by atoms with E-state index in [2.05, 4.69) is 21.7 Å². The molecule has 2 heterocycles. The molecular formula is C9H17BO2. The first-order valence-electron chi connectivity index (χ1n) is 4.99. The van der Waals surface area contributed by atoms with Gasteiger partial charge in [-0.25, -0.2) is 0 Å². The lowest BCUT2D eigenvalue weighted by molar-refractivity contribution is -0.0683. The van der Waals surface area contributed by atoms with Crippen molar-refractivity contribution in [2.45, 2.75) is 44.4 Å². The fourth-order valence-electron chi connectivity index (χ4n) is 2.77. The Kier molecular flexibility index (Phi) is 1.96. The summed E-state index contributed by atoms with van der Waals surface area (Å²) in [5.74, 6) is 0.575. The Labute approximate surface area is 75.0 Å². The summed E-state index contributed by atoms with van der Waals surface area (Å²) >= 11 is 0. The van der Waals surface area contributed by atoms with Gasteiger partial charge in [-0.3, -0.25) is 0 Å². The van der Waals surface area contributed by atoms with Crippen molar-refractivity contribution in [1.82, 2.24) is 0 Å². The minimum Gasteiger partial charge on any atom is -0.378 e. The Bertz CT molecular complexity index is 185. The molecule has 2 bridgehead atoms. The molecule has 0 radical (unpaired) electrons. The van der Waals surface area contributed by atoms with Gasteiger partial charge in [0, 0.05) is 18.9 Å². The molecule has 2 saturated heterocycles. The van der Waals surface area contributed by atoms with Gasteiger partial charge >= 0.3 is 0 Å². The molecule has 2 aliphatic heterocycles. The quantitative estimate of drug-likeness (QED) is 0.532. The van der Waals surface area contributed by atoms with E-state index in [1.54, 1.807) is 0 Å². The Hall–Kier alpha value is -0.0151. The van der Waals surface area contributed by atoms with Gasteiger partial charge in [-0.1, -0.05) is 13.8 Å². The van der Waals surface area contributed by atoms with Gasteiger partial charge in [0.1, 0.15) is 7.85 Å². The minimum atomic E-state index is 0.141. The van der Waals surface area contributed by atoms with E-state index in [9.17, 15) is 0 Å². The molecule has 0 aliphatic carbocycles. The van der Waals surface area contributed by atoms with E-state index >= 15 is 0 Å². The second-order valence-corrected chi connectivity index (χ2v) is 4.12. The van der Waals surface area contributed by atoms with Crippen LogP contribution in [0, 0.1) is 5.92 Å². The van der Waals surface area contributed by atoms with E-state index in [4.69, 9.17) is 9.47 Å². The molecule has 12 heavy (non-hydrogen) atoms. The zero-order valence-electron chi connectivity index (χ0n) is 8.17. The highest BCUT2D eigenvalue weighted by Gasteiger charge is 2.52. The molecule has 68 valence electrons. The molecule has 2 fully saturated rings. The average molecular weight is 168 g/mol. The normalized spacial score (nSPS) is 52.7. The van der Waals surface area contributed by atoms with Crippen molar-refractivity contribution in [1.29, 1.82) is 0 Å². The summed E-state index contributed by atoms with van der Waals surface area (Å²) in [4.78, 5) is 0. The summed E-state index contributed by atoms with van der Waals surface area (Å²) in [6.07, 6.45) is 2.54. The Balaban J connectivity index is 2.24. The third-order valence-corrected chi connectivity index (χ3v) is 3.64. The summed E-state index contributed by atoms with van der Waals surface area (Å²) in [5, 5.41) is 0. The molecule has 4 unspecified atom stereocenters. The smallest absolute Gasteiger partial charge is 0.142 e. The van der Waals surface area contributed by atoms with Crippen LogP contribution in [0.5, 0.6) is 0 Å². The van der Waals surface area contributed by atoms with Crippen molar-refractivity contribution in [3.8, 4) is 0 Å². The van der Waals surface area contributed by atoms with Crippen molar-refractivity contribution < 1.29 is 9.47 Å². The molecule has 4 atom stereocenters. The second kappa shape index (κ2) is 2.74. The fraction of sp³-hybridized carbons (Fsp3) is 1.00. The van der Waals surface area contributed by atoms with Gasteiger partial charge in [0.2, 0.25) is 0 Å². The topological polar surface area (TPSA) is 18.5 Å². The van der Waals surface area contributed by atoms with Gasteiger partial charge in [-0.15, -0.1) is 0 Å². The molecule has 0 spiro atoms. The monoisotopic (exact) mass is 168 g/mol. The van der Waals surface area contributed by atoms with E-state index in [1.807, 2.05) is 0 Å². The summed E-state index contributed by atoms with van der Waals surface area (Å²) in [5.41, 5.74) is 0.141. The molecular weight excluding hydrogens is 151 g/mol. The van der Waals surface area contributed by atoms with E-state index in [0.717, 1.165) is 19.4 Å². The highest BCUT2D eigenvalue weighted by Crippen LogP contribution is 2.44. The van der Waals surface area contributed by atoms with Crippen LogP contribution < -0.4 is 0 Å². The van der Waals surface area contributed by atoms with E-state index in [1.165, 1.54) is 0 Å². The lowest BCUT2D eigenvalue weighted by Gasteiger charge is -2.36. The first-order chi connectivity index (χ1) is 5.69. The van der Waals surface area contributed by atoms with Crippen LogP contribution in [-0.4, -0.2) is 32.2 Å². The van der Waals surface area contributed by atoms with Crippen LogP contribution >= 0.6 is 0 Å². The summed E-state index contributed by atoms with van der Waals surface area (Å²) in [6, 6.07) is 0.294. The SMILES string of the molecule is BC1OC2(CC)CCOC1C2C. The number of rotatable bonds is 1. The number of hydrogen-bond acceptors (Lipinski definition) is 2. The van der Waals surface area contributed by atoms with Crippen LogP contribution in [0.1, 0.15) is 26.7 Å². The highest BCUT2D eigenvalue weighted by molar-refractivity contribution is 6.11. The Morgan fingerprint density at radius 3 is 2.92 bits per heavy atom. The van der Waals surface area contributed by atoms with Gasteiger partial charge in [-0.2, -0.15) is 0 Å². The summed E-state index contributed by atoms with van der Waals surface area (Å²) < 4.78 is 11.7. The average Bonchev–Trinajstić information content (AvgIpc) is 2.23. The largest absolute Gasteiger partial charge is 0.378 e. The van der Waals surface area contributed by atoms with E-state index < -0.39 is 0 Å². The molecule has 2 nitrogen and oxygen atoms in total. The Morgan fingerprint density at radius 2 is 2.33 bits per heavy atom. The molecule has 2 rings (SSSR count). The van der Waals surface area contributed by atoms with Gasteiger partial charge in [-0.05, 0) is 6.42 Å². The van der Waals surface area contributed by atoms with Crippen LogP contribution in [0.3, 0.4) is 0 Å². The molecule has 0 amide bonds. The van der Waals surface area contributed by atoms with Gasteiger partial charge in [0.05, 0.1) is 17.7 Å². The van der Waals surface area contributed by atoms with Crippen LogP contribution in [0.15, 0.2) is 0 Å². The third kappa shape index (κ3) is 0.959.